The normalized spacial score (nSPS) is 23.6. The molecule has 2 aromatic heterocycles. The minimum Gasteiger partial charge on any atom is -0.489 e. The number of aryl methyl sites for hydroxylation is 1. The van der Waals surface area contributed by atoms with Crippen LogP contribution >= 0.6 is 0 Å². The Balaban J connectivity index is 1.52. The van der Waals surface area contributed by atoms with Gasteiger partial charge in [-0.25, -0.2) is 4.98 Å². The highest BCUT2D eigenvalue weighted by Crippen LogP contribution is 2.27. The van der Waals surface area contributed by atoms with Gasteiger partial charge in [-0.15, -0.1) is 0 Å². The molecule has 2 atom stereocenters. The minimum absolute atomic E-state index is 0.180. The Morgan fingerprint density at radius 3 is 2.75 bits per heavy atom. The third kappa shape index (κ3) is 4.02. The van der Waals surface area contributed by atoms with E-state index in [1.165, 1.54) is 32.1 Å². The molecular formula is C22H31N3O3. The number of pyridine rings is 1. The molecule has 2 fully saturated rings. The molecule has 2 heterocycles. The van der Waals surface area contributed by atoms with E-state index in [9.17, 15) is 9.90 Å². The van der Waals surface area contributed by atoms with Crippen LogP contribution in [0, 0.1) is 12.8 Å². The highest BCUT2D eigenvalue weighted by molar-refractivity contribution is 5.95. The number of carbonyl (C=O) groups is 1. The van der Waals surface area contributed by atoms with Gasteiger partial charge >= 0.3 is 0 Å². The van der Waals surface area contributed by atoms with E-state index >= 15 is 0 Å². The monoisotopic (exact) mass is 385 g/mol. The molecule has 1 amide bonds. The highest BCUT2D eigenvalue weighted by atomic mass is 16.5. The molecule has 0 aliphatic heterocycles. The summed E-state index contributed by atoms with van der Waals surface area (Å²) >= 11 is 0. The van der Waals surface area contributed by atoms with Gasteiger partial charge in [0.05, 0.1) is 24.4 Å². The number of imidazole rings is 1. The largest absolute Gasteiger partial charge is 0.489 e. The van der Waals surface area contributed by atoms with Crippen LogP contribution in [0.25, 0.3) is 5.65 Å². The molecule has 0 aromatic carbocycles. The van der Waals surface area contributed by atoms with E-state index in [0.29, 0.717) is 29.6 Å². The molecule has 0 spiro atoms. The molecule has 2 aliphatic rings. The molecule has 6 nitrogen and oxygen atoms in total. The zero-order chi connectivity index (χ0) is 19.5. The van der Waals surface area contributed by atoms with Crippen LogP contribution in [0.2, 0.25) is 0 Å². The van der Waals surface area contributed by atoms with Crippen molar-refractivity contribution in [3.63, 3.8) is 0 Å². The smallest absolute Gasteiger partial charge is 0.270 e. The maximum absolute atomic E-state index is 12.9. The van der Waals surface area contributed by atoms with Crippen molar-refractivity contribution in [2.45, 2.75) is 76.9 Å². The fourth-order valence-electron chi connectivity index (χ4n) is 4.62. The van der Waals surface area contributed by atoms with Crippen molar-refractivity contribution in [3.8, 4) is 5.75 Å². The average Bonchev–Trinajstić information content (AvgIpc) is 3.05. The van der Waals surface area contributed by atoms with E-state index in [1.807, 2.05) is 29.7 Å². The zero-order valence-electron chi connectivity index (χ0n) is 16.7. The van der Waals surface area contributed by atoms with E-state index in [1.54, 1.807) is 0 Å². The molecule has 28 heavy (non-hydrogen) atoms. The van der Waals surface area contributed by atoms with Crippen LogP contribution in [0.15, 0.2) is 18.3 Å². The summed E-state index contributed by atoms with van der Waals surface area (Å²) in [7, 11) is 0. The number of hydrogen-bond acceptors (Lipinski definition) is 4. The van der Waals surface area contributed by atoms with Crippen LogP contribution in [0.3, 0.4) is 0 Å². The average molecular weight is 386 g/mol. The summed E-state index contributed by atoms with van der Waals surface area (Å²) in [6.07, 6.45) is 11.4. The number of aromatic nitrogens is 2. The molecule has 152 valence electrons. The molecule has 0 unspecified atom stereocenters. The van der Waals surface area contributed by atoms with Crippen molar-refractivity contribution in [2.75, 3.05) is 6.61 Å². The zero-order valence-corrected chi connectivity index (χ0v) is 16.7. The van der Waals surface area contributed by atoms with Crippen molar-refractivity contribution < 1.29 is 14.6 Å². The summed E-state index contributed by atoms with van der Waals surface area (Å²) in [5.74, 6) is 1.16. The van der Waals surface area contributed by atoms with E-state index in [4.69, 9.17) is 4.74 Å². The van der Waals surface area contributed by atoms with Gasteiger partial charge in [0, 0.05) is 6.20 Å². The van der Waals surface area contributed by atoms with Gasteiger partial charge in [-0.2, -0.15) is 0 Å². The second-order valence-corrected chi connectivity index (χ2v) is 8.36. The Bertz CT molecular complexity index is 826. The predicted molar refractivity (Wildman–Crippen MR) is 108 cm³/mol. The van der Waals surface area contributed by atoms with Crippen molar-refractivity contribution in [2.24, 2.45) is 5.92 Å². The van der Waals surface area contributed by atoms with Crippen LogP contribution in [0.5, 0.6) is 5.75 Å². The lowest BCUT2D eigenvalue weighted by atomic mass is 9.90. The van der Waals surface area contributed by atoms with Gasteiger partial charge < -0.3 is 15.2 Å². The lowest BCUT2D eigenvalue weighted by Crippen LogP contribution is -2.45. The Hall–Kier alpha value is -2.08. The second-order valence-electron chi connectivity index (χ2n) is 8.36. The van der Waals surface area contributed by atoms with Gasteiger partial charge in [0.2, 0.25) is 0 Å². The number of ether oxygens (including phenoxy) is 1. The van der Waals surface area contributed by atoms with Gasteiger partial charge in [-0.05, 0) is 50.7 Å². The van der Waals surface area contributed by atoms with Gasteiger partial charge in [0.25, 0.3) is 5.91 Å². The SMILES string of the molecule is Cc1nc2c(OCC3CCCCC3)cccn2c1C(=O)N[C@@H]1CCCC[C@H]1O. The van der Waals surface area contributed by atoms with Crippen LogP contribution < -0.4 is 10.1 Å². The molecule has 2 saturated carbocycles. The van der Waals surface area contributed by atoms with E-state index in [-0.39, 0.29) is 11.9 Å². The summed E-state index contributed by atoms with van der Waals surface area (Å²) in [5, 5.41) is 13.2. The standard InChI is InChI=1S/C22H31N3O3/c1-15-20(22(27)24-17-10-5-6-11-18(17)26)25-13-7-12-19(21(25)23-15)28-14-16-8-3-2-4-9-16/h7,12-13,16-18,26H,2-6,8-11,14H2,1H3,(H,24,27)/t17-,18-/m1/s1. The summed E-state index contributed by atoms with van der Waals surface area (Å²) in [6.45, 7) is 2.56. The molecule has 0 radical (unpaired) electrons. The quantitative estimate of drug-likeness (QED) is 0.824. The Labute approximate surface area is 166 Å². The van der Waals surface area contributed by atoms with Crippen molar-refractivity contribution in [1.82, 2.24) is 14.7 Å². The number of amides is 1. The lowest BCUT2D eigenvalue weighted by Gasteiger charge is -2.28. The van der Waals surface area contributed by atoms with Crippen LogP contribution in [0.1, 0.15) is 74.0 Å². The molecule has 4 rings (SSSR count). The number of aliphatic hydroxyl groups is 1. The van der Waals surface area contributed by atoms with Crippen molar-refractivity contribution in [1.29, 1.82) is 0 Å². The first kappa shape index (κ1) is 19.2. The number of carbonyl (C=O) groups excluding carboxylic acids is 1. The topological polar surface area (TPSA) is 75.9 Å². The Morgan fingerprint density at radius 2 is 1.96 bits per heavy atom. The Morgan fingerprint density at radius 1 is 1.21 bits per heavy atom. The molecule has 0 saturated heterocycles. The second kappa shape index (κ2) is 8.52. The van der Waals surface area contributed by atoms with E-state index < -0.39 is 6.10 Å². The maximum atomic E-state index is 12.9. The van der Waals surface area contributed by atoms with Crippen molar-refractivity contribution in [3.05, 3.63) is 29.7 Å². The lowest BCUT2D eigenvalue weighted by molar-refractivity contribution is 0.0712. The van der Waals surface area contributed by atoms with Crippen molar-refractivity contribution >= 4 is 11.6 Å². The first-order valence-electron chi connectivity index (χ1n) is 10.7. The summed E-state index contributed by atoms with van der Waals surface area (Å²) < 4.78 is 7.93. The van der Waals surface area contributed by atoms with Gasteiger partial charge in [0.15, 0.2) is 11.4 Å². The van der Waals surface area contributed by atoms with E-state index in [2.05, 4.69) is 10.3 Å². The summed E-state index contributed by atoms with van der Waals surface area (Å²) in [6, 6.07) is 3.64. The maximum Gasteiger partial charge on any atom is 0.270 e. The fraction of sp³-hybridized carbons (Fsp3) is 0.636. The molecule has 2 aromatic rings. The van der Waals surface area contributed by atoms with Gasteiger partial charge in [0.1, 0.15) is 5.69 Å². The number of hydrogen-bond donors (Lipinski definition) is 2. The molecular weight excluding hydrogens is 354 g/mol. The number of aliphatic hydroxyl groups excluding tert-OH is 1. The minimum atomic E-state index is -0.466. The first-order chi connectivity index (χ1) is 13.6. The summed E-state index contributed by atoms with van der Waals surface area (Å²) in [5.41, 5.74) is 1.89. The number of rotatable bonds is 5. The molecule has 6 heteroatoms. The molecule has 2 aliphatic carbocycles. The third-order valence-electron chi connectivity index (χ3n) is 6.25. The molecule has 0 bridgehead atoms. The number of fused-ring (bicyclic) bond motifs is 1. The predicted octanol–water partition coefficient (Wildman–Crippen LogP) is 3.64. The summed E-state index contributed by atoms with van der Waals surface area (Å²) in [4.78, 5) is 17.6. The molecule has 2 N–H and O–H groups in total. The third-order valence-corrected chi connectivity index (χ3v) is 6.25. The first-order valence-corrected chi connectivity index (χ1v) is 10.7. The number of nitrogens with zero attached hydrogens (tertiary/aromatic N) is 2. The fourth-order valence-corrected chi connectivity index (χ4v) is 4.62. The van der Waals surface area contributed by atoms with Crippen LogP contribution in [-0.2, 0) is 0 Å². The highest BCUT2D eigenvalue weighted by Gasteiger charge is 2.27. The van der Waals surface area contributed by atoms with Gasteiger partial charge in [-0.1, -0.05) is 32.1 Å². The number of nitrogens with one attached hydrogen (secondary N) is 1. The van der Waals surface area contributed by atoms with Crippen LogP contribution in [0.4, 0.5) is 0 Å². The van der Waals surface area contributed by atoms with E-state index in [0.717, 1.165) is 31.4 Å². The van der Waals surface area contributed by atoms with Crippen LogP contribution in [-0.4, -0.2) is 39.2 Å². The van der Waals surface area contributed by atoms with Gasteiger partial charge in [-0.3, -0.25) is 9.20 Å². The Kier molecular flexibility index (Phi) is 5.85.